The van der Waals surface area contributed by atoms with E-state index in [2.05, 4.69) is 20.5 Å². The molecule has 0 aliphatic carbocycles. The fourth-order valence-corrected chi connectivity index (χ4v) is 4.28. The lowest BCUT2D eigenvalue weighted by molar-refractivity contribution is -0.127. The predicted octanol–water partition coefficient (Wildman–Crippen LogP) is 1.32. The van der Waals surface area contributed by atoms with Gasteiger partial charge < -0.3 is 15.5 Å². The number of hydrogen-bond acceptors (Lipinski definition) is 5. The summed E-state index contributed by atoms with van der Waals surface area (Å²) in [5.74, 6) is 0.217. The number of nitrogens with one attached hydrogen (secondary N) is 2. The first-order valence-electron chi connectivity index (χ1n) is 11.6. The maximum Gasteiger partial charge on any atom is 0.223 e. The Morgan fingerprint density at radius 2 is 1.94 bits per heavy atom. The molecule has 1 unspecified atom stereocenters. The first kappa shape index (κ1) is 23.2. The summed E-state index contributed by atoms with van der Waals surface area (Å²) in [6, 6.07) is 3.99. The summed E-state index contributed by atoms with van der Waals surface area (Å²) in [6.07, 6.45) is 8.79. The molecule has 2 aliphatic rings. The van der Waals surface area contributed by atoms with E-state index in [9.17, 15) is 14.4 Å². The van der Waals surface area contributed by atoms with Crippen molar-refractivity contribution >= 4 is 17.7 Å². The van der Waals surface area contributed by atoms with Crippen molar-refractivity contribution in [3.63, 3.8) is 0 Å². The zero-order chi connectivity index (χ0) is 21.9. The summed E-state index contributed by atoms with van der Waals surface area (Å²) in [6.45, 7) is 5.01. The third kappa shape index (κ3) is 7.94. The SMILES string of the molecule is O=C1CCN(Cc2ccncc2)CCCC(C(=O)NCCCN2CCCC2=O)CCN1. The van der Waals surface area contributed by atoms with Crippen molar-refractivity contribution < 1.29 is 14.4 Å². The van der Waals surface area contributed by atoms with Crippen LogP contribution in [0.5, 0.6) is 0 Å². The molecule has 31 heavy (non-hydrogen) atoms. The fourth-order valence-electron chi connectivity index (χ4n) is 4.28. The Balaban J connectivity index is 1.45. The van der Waals surface area contributed by atoms with E-state index in [1.54, 1.807) is 12.4 Å². The van der Waals surface area contributed by atoms with Gasteiger partial charge in [0.15, 0.2) is 0 Å². The average Bonchev–Trinajstić information content (AvgIpc) is 3.17. The second kappa shape index (κ2) is 12.4. The molecule has 2 saturated heterocycles. The van der Waals surface area contributed by atoms with E-state index >= 15 is 0 Å². The highest BCUT2D eigenvalue weighted by atomic mass is 16.2. The molecule has 2 aliphatic heterocycles. The van der Waals surface area contributed by atoms with Gasteiger partial charge >= 0.3 is 0 Å². The van der Waals surface area contributed by atoms with Crippen LogP contribution < -0.4 is 10.6 Å². The lowest BCUT2D eigenvalue weighted by Crippen LogP contribution is -2.36. The van der Waals surface area contributed by atoms with Crippen LogP contribution in [0.1, 0.15) is 50.5 Å². The lowest BCUT2D eigenvalue weighted by atomic mass is 9.98. The Bertz CT molecular complexity index is 727. The molecular weight excluding hydrogens is 394 g/mol. The minimum atomic E-state index is -0.102. The number of rotatable bonds is 7. The van der Waals surface area contributed by atoms with Crippen LogP contribution in [0.4, 0.5) is 0 Å². The van der Waals surface area contributed by atoms with E-state index in [0.29, 0.717) is 45.4 Å². The first-order chi connectivity index (χ1) is 15.1. The van der Waals surface area contributed by atoms with Crippen molar-refractivity contribution in [2.45, 2.75) is 51.5 Å². The number of pyridine rings is 1. The van der Waals surface area contributed by atoms with Gasteiger partial charge in [0, 0.05) is 70.4 Å². The van der Waals surface area contributed by atoms with Crippen LogP contribution >= 0.6 is 0 Å². The minimum absolute atomic E-state index is 0.0380. The lowest BCUT2D eigenvalue weighted by Gasteiger charge is -2.22. The maximum atomic E-state index is 12.7. The van der Waals surface area contributed by atoms with E-state index in [1.165, 1.54) is 5.56 Å². The molecule has 3 heterocycles. The number of nitrogens with zero attached hydrogens (tertiary/aromatic N) is 3. The van der Waals surface area contributed by atoms with Crippen molar-refractivity contribution in [1.29, 1.82) is 0 Å². The third-order valence-electron chi connectivity index (χ3n) is 6.10. The average molecular weight is 430 g/mol. The highest BCUT2D eigenvalue weighted by Gasteiger charge is 2.21. The van der Waals surface area contributed by atoms with Crippen molar-refractivity contribution in [1.82, 2.24) is 25.4 Å². The molecule has 1 aromatic heterocycles. The highest BCUT2D eigenvalue weighted by Crippen LogP contribution is 2.15. The molecule has 8 heteroatoms. The van der Waals surface area contributed by atoms with E-state index in [0.717, 1.165) is 45.3 Å². The van der Waals surface area contributed by atoms with Crippen molar-refractivity contribution in [2.24, 2.45) is 5.92 Å². The van der Waals surface area contributed by atoms with Gasteiger partial charge in [-0.25, -0.2) is 0 Å². The van der Waals surface area contributed by atoms with Crippen LogP contribution in [-0.2, 0) is 20.9 Å². The maximum absolute atomic E-state index is 12.7. The number of carbonyl (C=O) groups excluding carboxylic acids is 3. The molecule has 1 aromatic rings. The number of aromatic nitrogens is 1. The molecule has 2 fully saturated rings. The molecule has 0 spiro atoms. The Labute approximate surface area is 184 Å². The van der Waals surface area contributed by atoms with Crippen LogP contribution in [-0.4, -0.2) is 71.8 Å². The number of carbonyl (C=O) groups is 3. The second-order valence-corrected chi connectivity index (χ2v) is 8.49. The van der Waals surface area contributed by atoms with Gasteiger partial charge in [-0.05, 0) is 56.3 Å². The molecule has 1 atom stereocenters. The normalized spacial score (nSPS) is 21.4. The van der Waals surface area contributed by atoms with Crippen LogP contribution in [0.25, 0.3) is 0 Å². The summed E-state index contributed by atoms with van der Waals surface area (Å²) in [7, 11) is 0. The molecule has 0 aromatic carbocycles. The quantitative estimate of drug-likeness (QED) is 0.638. The van der Waals surface area contributed by atoms with Gasteiger partial charge in [0.05, 0.1) is 0 Å². The minimum Gasteiger partial charge on any atom is -0.356 e. The summed E-state index contributed by atoms with van der Waals surface area (Å²) in [5, 5.41) is 6.00. The van der Waals surface area contributed by atoms with Crippen LogP contribution in [0.15, 0.2) is 24.5 Å². The highest BCUT2D eigenvalue weighted by molar-refractivity contribution is 5.79. The van der Waals surface area contributed by atoms with Gasteiger partial charge in [-0.2, -0.15) is 0 Å². The van der Waals surface area contributed by atoms with E-state index < -0.39 is 0 Å². The standard InChI is InChI=1S/C23H35N5O3/c29-21-9-17-27(18-19-6-11-24-12-7-19)14-1-4-20(8-13-25-21)23(31)26-10-3-16-28-15-2-5-22(28)30/h6-7,11-12,20H,1-5,8-10,13-18H2,(H,25,29)(H,26,31). The zero-order valence-corrected chi connectivity index (χ0v) is 18.4. The molecule has 170 valence electrons. The van der Waals surface area contributed by atoms with Gasteiger partial charge in [0.2, 0.25) is 17.7 Å². The van der Waals surface area contributed by atoms with E-state index in [1.807, 2.05) is 17.0 Å². The van der Waals surface area contributed by atoms with E-state index in [-0.39, 0.29) is 23.6 Å². The van der Waals surface area contributed by atoms with Crippen molar-refractivity contribution in [3.8, 4) is 0 Å². The zero-order valence-electron chi connectivity index (χ0n) is 18.4. The van der Waals surface area contributed by atoms with Gasteiger partial charge in [0.25, 0.3) is 0 Å². The number of hydrogen-bond donors (Lipinski definition) is 2. The molecule has 0 radical (unpaired) electrons. The van der Waals surface area contributed by atoms with Crippen molar-refractivity contribution in [3.05, 3.63) is 30.1 Å². The van der Waals surface area contributed by atoms with Crippen LogP contribution in [0.2, 0.25) is 0 Å². The molecule has 0 bridgehead atoms. The fraction of sp³-hybridized carbons (Fsp3) is 0.652. The molecular formula is C23H35N5O3. The number of likely N-dealkylation sites (tertiary alicyclic amines) is 1. The van der Waals surface area contributed by atoms with Gasteiger partial charge in [-0.1, -0.05) is 0 Å². The van der Waals surface area contributed by atoms with Gasteiger partial charge in [-0.15, -0.1) is 0 Å². The molecule has 3 amide bonds. The molecule has 3 rings (SSSR count). The molecule has 0 saturated carbocycles. The summed E-state index contributed by atoms with van der Waals surface area (Å²) in [4.78, 5) is 44.8. The van der Waals surface area contributed by atoms with Crippen LogP contribution in [0, 0.1) is 5.92 Å². The predicted molar refractivity (Wildman–Crippen MR) is 118 cm³/mol. The third-order valence-corrected chi connectivity index (χ3v) is 6.10. The number of amides is 3. The largest absolute Gasteiger partial charge is 0.356 e. The summed E-state index contributed by atoms with van der Waals surface area (Å²) >= 11 is 0. The topological polar surface area (TPSA) is 94.6 Å². The second-order valence-electron chi connectivity index (χ2n) is 8.49. The Kier molecular flexibility index (Phi) is 9.27. The van der Waals surface area contributed by atoms with Crippen molar-refractivity contribution in [2.75, 3.05) is 39.3 Å². The monoisotopic (exact) mass is 429 g/mol. The van der Waals surface area contributed by atoms with Gasteiger partial charge in [-0.3, -0.25) is 24.3 Å². The Hall–Kier alpha value is -2.48. The van der Waals surface area contributed by atoms with Crippen LogP contribution in [0.3, 0.4) is 0 Å². The Morgan fingerprint density at radius 3 is 2.71 bits per heavy atom. The summed E-state index contributed by atoms with van der Waals surface area (Å²) < 4.78 is 0. The smallest absolute Gasteiger partial charge is 0.223 e. The molecule has 2 N–H and O–H groups in total. The molecule has 8 nitrogen and oxygen atoms in total. The Morgan fingerprint density at radius 1 is 1.10 bits per heavy atom. The summed E-state index contributed by atoms with van der Waals surface area (Å²) in [5.41, 5.74) is 1.18. The first-order valence-corrected chi connectivity index (χ1v) is 11.6. The van der Waals surface area contributed by atoms with Gasteiger partial charge in [0.1, 0.15) is 0 Å². The van der Waals surface area contributed by atoms with E-state index in [4.69, 9.17) is 0 Å².